The van der Waals surface area contributed by atoms with E-state index in [-0.39, 0.29) is 5.91 Å². The van der Waals surface area contributed by atoms with Crippen LogP contribution < -0.4 is 14.4 Å². The molecule has 3 aromatic carbocycles. The number of anilines is 1. The monoisotopic (exact) mass is 417 g/mol. The Bertz CT molecular complexity index is 1050. The van der Waals surface area contributed by atoms with Gasteiger partial charge in [-0.2, -0.15) is 0 Å². The van der Waals surface area contributed by atoms with Crippen molar-refractivity contribution in [2.24, 2.45) is 5.92 Å². The lowest BCUT2D eigenvalue weighted by Gasteiger charge is -2.44. The Balaban J connectivity index is 1.41. The minimum Gasteiger partial charge on any atom is -0.497 e. The molecule has 158 valence electrons. The van der Waals surface area contributed by atoms with Gasteiger partial charge in [0.2, 0.25) is 5.91 Å². The molecule has 0 spiro atoms. The van der Waals surface area contributed by atoms with E-state index < -0.39 is 17.9 Å². The maximum absolute atomic E-state index is 12.8. The van der Waals surface area contributed by atoms with Crippen LogP contribution in [-0.4, -0.2) is 30.1 Å². The zero-order chi connectivity index (χ0) is 21.8. The quantitative estimate of drug-likeness (QED) is 0.562. The van der Waals surface area contributed by atoms with Gasteiger partial charge >= 0.3 is 5.97 Å². The van der Waals surface area contributed by atoms with E-state index >= 15 is 0 Å². The molecule has 1 N–H and O–H groups in total. The number of ether oxygens (including phenoxy) is 2. The third-order valence-electron chi connectivity index (χ3n) is 5.44. The average molecular weight is 417 g/mol. The van der Waals surface area contributed by atoms with Gasteiger partial charge < -0.3 is 14.6 Å². The van der Waals surface area contributed by atoms with Gasteiger partial charge in [0.15, 0.2) is 0 Å². The van der Waals surface area contributed by atoms with Crippen molar-refractivity contribution >= 4 is 17.6 Å². The smallest absolute Gasteiger partial charge is 0.327 e. The van der Waals surface area contributed by atoms with Crippen LogP contribution in [0.5, 0.6) is 11.5 Å². The van der Waals surface area contributed by atoms with Crippen molar-refractivity contribution in [2.45, 2.75) is 19.1 Å². The molecule has 6 nitrogen and oxygen atoms in total. The highest BCUT2D eigenvalue weighted by molar-refractivity contribution is 6.10. The van der Waals surface area contributed by atoms with E-state index in [2.05, 4.69) is 0 Å². The number of methoxy groups -OCH3 is 1. The van der Waals surface area contributed by atoms with Gasteiger partial charge in [0, 0.05) is 5.69 Å². The third-order valence-corrected chi connectivity index (χ3v) is 5.44. The van der Waals surface area contributed by atoms with Crippen molar-refractivity contribution in [3.8, 4) is 11.5 Å². The molecule has 0 radical (unpaired) electrons. The molecule has 6 heteroatoms. The number of benzene rings is 3. The molecular weight excluding hydrogens is 394 g/mol. The van der Waals surface area contributed by atoms with Crippen LogP contribution >= 0.6 is 0 Å². The van der Waals surface area contributed by atoms with Crippen molar-refractivity contribution in [3.63, 3.8) is 0 Å². The lowest BCUT2D eigenvalue weighted by Crippen LogP contribution is -2.65. The normalized spacial score (nSPS) is 17.7. The second-order valence-corrected chi connectivity index (χ2v) is 7.42. The van der Waals surface area contributed by atoms with Gasteiger partial charge in [0.1, 0.15) is 24.1 Å². The zero-order valence-corrected chi connectivity index (χ0v) is 17.1. The summed E-state index contributed by atoms with van der Waals surface area (Å²) in [5, 5.41) is 9.72. The lowest BCUT2D eigenvalue weighted by molar-refractivity contribution is -0.149. The van der Waals surface area contributed by atoms with E-state index in [0.29, 0.717) is 24.5 Å². The van der Waals surface area contributed by atoms with Gasteiger partial charge in [-0.05, 0) is 53.9 Å². The summed E-state index contributed by atoms with van der Waals surface area (Å²) in [6.07, 6.45) is 0.363. The second kappa shape index (κ2) is 8.92. The molecule has 0 bridgehead atoms. The molecular formula is C25H23NO5. The predicted octanol–water partition coefficient (Wildman–Crippen LogP) is 3.93. The SMILES string of the molecule is COc1ccc(N2C(=O)[C@@H](Cc3ccc(OCc4ccccc4)cc3)[C@H]2C(=O)O)cc1. The predicted molar refractivity (Wildman–Crippen MR) is 116 cm³/mol. The Kier molecular flexibility index (Phi) is 5.89. The van der Waals surface area contributed by atoms with Gasteiger partial charge in [0.25, 0.3) is 0 Å². The second-order valence-electron chi connectivity index (χ2n) is 7.42. The van der Waals surface area contributed by atoms with Gasteiger partial charge in [0.05, 0.1) is 13.0 Å². The highest BCUT2D eigenvalue weighted by Gasteiger charge is 2.52. The first-order chi connectivity index (χ1) is 15.1. The Morgan fingerprint density at radius 2 is 1.55 bits per heavy atom. The summed E-state index contributed by atoms with van der Waals surface area (Å²) in [5.74, 6) is -0.433. The van der Waals surface area contributed by atoms with E-state index in [1.54, 1.807) is 31.4 Å². The van der Waals surface area contributed by atoms with Crippen LogP contribution in [0.15, 0.2) is 78.9 Å². The van der Waals surface area contributed by atoms with Gasteiger partial charge in [-0.25, -0.2) is 4.79 Å². The van der Waals surface area contributed by atoms with Crippen molar-refractivity contribution in [3.05, 3.63) is 90.0 Å². The Morgan fingerprint density at radius 3 is 2.16 bits per heavy atom. The maximum atomic E-state index is 12.8. The molecule has 4 rings (SSSR count). The van der Waals surface area contributed by atoms with Crippen LogP contribution in [0, 0.1) is 5.92 Å². The van der Waals surface area contributed by atoms with Gasteiger partial charge in [-0.1, -0.05) is 42.5 Å². The molecule has 1 amide bonds. The number of carbonyl (C=O) groups excluding carboxylic acids is 1. The number of carboxylic acid groups (broad SMARTS) is 1. The fourth-order valence-corrected chi connectivity index (χ4v) is 3.78. The van der Waals surface area contributed by atoms with E-state index in [1.807, 2.05) is 54.6 Å². The summed E-state index contributed by atoms with van der Waals surface area (Å²) in [5.41, 5.74) is 2.53. The van der Waals surface area contributed by atoms with Crippen LogP contribution in [-0.2, 0) is 22.6 Å². The molecule has 0 unspecified atom stereocenters. The number of aliphatic carboxylic acids is 1. The molecule has 1 saturated heterocycles. The topological polar surface area (TPSA) is 76.1 Å². The number of hydrogen-bond donors (Lipinski definition) is 1. The minimum atomic E-state index is -1.01. The molecule has 1 fully saturated rings. The standard InChI is InChI=1S/C25H23NO5/c1-30-20-13-9-19(10-14-20)26-23(25(28)29)22(24(26)27)15-17-7-11-21(12-8-17)31-16-18-5-3-2-4-6-18/h2-14,22-23H,15-16H2,1H3,(H,28,29)/t22-,23-/m0/s1. The fourth-order valence-electron chi connectivity index (χ4n) is 3.78. The highest BCUT2D eigenvalue weighted by atomic mass is 16.5. The largest absolute Gasteiger partial charge is 0.497 e. The maximum Gasteiger partial charge on any atom is 0.327 e. The molecule has 1 heterocycles. The zero-order valence-electron chi connectivity index (χ0n) is 17.1. The summed E-state index contributed by atoms with van der Waals surface area (Å²) in [6.45, 7) is 0.471. The van der Waals surface area contributed by atoms with Gasteiger partial charge in [-0.15, -0.1) is 0 Å². The number of carbonyl (C=O) groups is 2. The first-order valence-electron chi connectivity index (χ1n) is 10.0. The summed E-state index contributed by atoms with van der Waals surface area (Å²) in [4.78, 5) is 26.0. The van der Waals surface area contributed by atoms with Crippen molar-refractivity contribution in [1.29, 1.82) is 0 Å². The van der Waals surface area contributed by atoms with Crippen LogP contribution in [0.1, 0.15) is 11.1 Å². The number of carboxylic acids is 1. The molecule has 1 aliphatic heterocycles. The number of hydrogen-bond acceptors (Lipinski definition) is 4. The molecule has 0 aliphatic carbocycles. The van der Waals surface area contributed by atoms with Crippen LogP contribution in [0.25, 0.3) is 0 Å². The molecule has 3 aromatic rings. The van der Waals surface area contributed by atoms with Gasteiger partial charge in [-0.3, -0.25) is 9.69 Å². The third kappa shape index (κ3) is 4.38. The van der Waals surface area contributed by atoms with Crippen molar-refractivity contribution in [1.82, 2.24) is 0 Å². The van der Waals surface area contributed by atoms with Crippen LogP contribution in [0.2, 0.25) is 0 Å². The molecule has 31 heavy (non-hydrogen) atoms. The lowest BCUT2D eigenvalue weighted by atomic mass is 9.82. The van der Waals surface area contributed by atoms with Crippen molar-refractivity contribution in [2.75, 3.05) is 12.0 Å². The summed E-state index contributed by atoms with van der Waals surface area (Å²) < 4.78 is 10.9. The minimum absolute atomic E-state index is 0.193. The number of amides is 1. The molecule has 0 aromatic heterocycles. The fraction of sp³-hybridized carbons (Fsp3) is 0.200. The van der Waals surface area contributed by atoms with E-state index in [1.165, 1.54) is 4.90 Å². The Morgan fingerprint density at radius 1 is 0.903 bits per heavy atom. The number of nitrogens with zero attached hydrogens (tertiary/aromatic N) is 1. The summed E-state index contributed by atoms with van der Waals surface area (Å²) in [6, 6.07) is 23.2. The average Bonchev–Trinajstić information content (AvgIpc) is 2.80. The summed E-state index contributed by atoms with van der Waals surface area (Å²) >= 11 is 0. The molecule has 2 atom stereocenters. The van der Waals surface area contributed by atoms with Crippen molar-refractivity contribution < 1.29 is 24.2 Å². The van der Waals surface area contributed by atoms with E-state index in [0.717, 1.165) is 16.9 Å². The number of β-lactam (4-membered cyclic amide) rings is 1. The van der Waals surface area contributed by atoms with Crippen LogP contribution in [0.3, 0.4) is 0 Å². The molecule has 1 aliphatic rings. The first-order valence-corrected chi connectivity index (χ1v) is 10.0. The number of rotatable bonds is 8. The van der Waals surface area contributed by atoms with Crippen LogP contribution in [0.4, 0.5) is 5.69 Å². The van der Waals surface area contributed by atoms with E-state index in [9.17, 15) is 14.7 Å². The molecule has 0 saturated carbocycles. The summed E-state index contributed by atoms with van der Waals surface area (Å²) in [7, 11) is 1.55. The Hall–Kier alpha value is -3.80. The Labute approximate surface area is 180 Å². The first kappa shape index (κ1) is 20.5. The highest BCUT2D eigenvalue weighted by Crippen LogP contribution is 2.36. The van der Waals surface area contributed by atoms with E-state index in [4.69, 9.17) is 9.47 Å².